The maximum atomic E-state index is 14.1. The van der Waals surface area contributed by atoms with E-state index in [1.54, 1.807) is 6.07 Å². The molecule has 0 aromatic heterocycles. The van der Waals surface area contributed by atoms with Crippen molar-refractivity contribution >= 4 is 5.69 Å². The van der Waals surface area contributed by atoms with Crippen LogP contribution in [0.2, 0.25) is 0 Å². The maximum Gasteiger partial charge on any atom is 0.146 e. The molecule has 0 atom stereocenters. The van der Waals surface area contributed by atoms with Crippen LogP contribution in [0.5, 0.6) is 0 Å². The second-order valence-corrected chi connectivity index (χ2v) is 7.78. The SMILES string of the molecule is N#CC(CCN1CCN(c2ccccc2F)CC1)(c1ccccc1)c1ccccc1. The van der Waals surface area contributed by atoms with Gasteiger partial charge in [0, 0.05) is 32.7 Å². The molecule has 0 radical (unpaired) electrons. The summed E-state index contributed by atoms with van der Waals surface area (Å²) in [5.74, 6) is -0.164. The molecular weight excluding hydrogens is 373 g/mol. The van der Waals surface area contributed by atoms with Crippen molar-refractivity contribution in [2.24, 2.45) is 0 Å². The molecule has 0 aliphatic carbocycles. The fourth-order valence-corrected chi connectivity index (χ4v) is 4.33. The lowest BCUT2D eigenvalue weighted by atomic mass is 9.73. The molecule has 30 heavy (non-hydrogen) atoms. The van der Waals surface area contributed by atoms with E-state index >= 15 is 0 Å². The van der Waals surface area contributed by atoms with Crippen LogP contribution in [-0.2, 0) is 5.41 Å². The lowest BCUT2D eigenvalue weighted by molar-refractivity contribution is 0.244. The molecule has 3 aromatic carbocycles. The first-order valence-corrected chi connectivity index (χ1v) is 10.5. The fraction of sp³-hybridized carbons (Fsp3) is 0.269. The molecule has 1 heterocycles. The molecule has 0 N–H and O–H groups in total. The number of piperazine rings is 1. The summed E-state index contributed by atoms with van der Waals surface area (Å²) >= 11 is 0. The molecule has 0 unspecified atom stereocenters. The van der Waals surface area contributed by atoms with Crippen molar-refractivity contribution in [3.63, 3.8) is 0 Å². The van der Waals surface area contributed by atoms with Crippen LogP contribution < -0.4 is 4.90 Å². The average molecular weight is 400 g/mol. The number of benzene rings is 3. The third-order valence-electron chi connectivity index (χ3n) is 6.09. The zero-order chi connectivity index (χ0) is 20.8. The number of nitriles is 1. The zero-order valence-electron chi connectivity index (χ0n) is 17.0. The lowest BCUT2D eigenvalue weighted by Crippen LogP contribution is -2.48. The second-order valence-electron chi connectivity index (χ2n) is 7.78. The van der Waals surface area contributed by atoms with E-state index in [9.17, 15) is 9.65 Å². The van der Waals surface area contributed by atoms with Gasteiger partial charge in [0.05, 0.1) is 11.8 Å². The summed E-state index contributed by atoms with van der Waals surface area (Å²) in [6, 6.07) is 29.8. The Bertz CT molecular complexity index is 950. The minimum absolute atomic E-state index is 0.164. The average Bonchev–Trinajstić information content (AvgIpc) is 2.82. The predicted molar refractivity (Wildman–Crippen MR) is 119 cm³/mol. The fourth-order valence-electron chi connectivity index (χ4n) is 4.33. The molecule has 0 saturated carbocycles. The van der Waals surface area contributed by atoms with E-state index in [0.717, 1.165) is 50.3 Å². The summed E-state index contributed by atoms with van der Waals surface area (Å²) in [5.41, 5.74) is 2.06. The molecule has 1 aliphatic heterocycles. The Morgan fingerprint density at radius 2 is 1.30 bits per heavy atom. The van der Waals surface area contributed by atoms with Gasteiger partial charge in [-0.2, -0.15) is 5.26 Å². The summed E-state index contributed by atoms with van der Waals surface area (Å²) in [6.07, 6.45) is 0.719. The zero-order valence-corrected chi connectivity index (χ0v) is 17.0. The molecule has 0 bridgehead atoms. The first kappa shape index (κ1) is 20.1. The van der Waals surface area contributed by atoms with Gasteiger partial charge in [-0.1, -0.05) is 72.8 Å². The van der Waals surface area contributed by atoms with Gasteiger partial charge in [0.25, 0.3) is 0 Å². The van der Waals surface area contributed by atoms with Gasteiger partial charge in [-0.15, -0.1) is 0 Å². The van der Waals surface area contributed by atoms with Crippen molar-refractivity contribution in [2.45, 2.75) is 11.8 Å². The first-order valence-electron chi connectivity index (χ1n) is 10.5. The highest BCUT2D eigenvalue weighted by Gasteiger charge is 2.35. The van der Waals surface area contributed by atoms with E-state index in [4.69, 9.17) is 0 Å². The second kappa shape index (κ2) is 9.11. The van der Waals surface area contributed by atoms with Gasteiger partial charge < -0.3 is 4.90 Å². The third kappa shape index (κ3) is 4.08. The van der Waals surface area contributed by atoms with Gasteiger partial charge in [0.2, 0.25) is 0 Å². The standard InChI is InChI=1S/C26H26FN3/c27-24-13-7-8-14-25(24)30-19-17-29(18-20-30)16-15-26(21-28,22-9-3-1-4-10-22)23-11-5-2-6-12-23/h1-14H,15-20H2. The van der Waals surface area contributed by atoms with Crippen molar-refractivity contribution in [3.05, 3.63) is 102 Å². The summed E-state index contributed by atoms with van der Waals surface area (Å²) < 4.78 is 14.1. The normalized spacial score (nSPS) is 15.0. The summed E-state index contributed by atoms with van der Waals surface area (Å²) in [5, 5.41) is 10.3. The van der Waals surface area contributed by atoms with E-state index in [1.165, 1.54) is 6.07 Å². The van der Waals surface area contributed by atoms with Crippen molar-refractivity contribution < 1.29 is 4.39 Å². The Hall–Kier alpha value is -3.16. The van der Waals surface area contributed by atoms with Crippen LogP contribution in [0.3, 0.4) is 0 Å². The Labute approximate surface area is 178 Å². The molecule has 3 nitrogen and oxygen atoms in total. The van der Waals surface area contributed by atoms with E-state index in [2.05, 4.69) is 15.9 Å². The van der Waals surface area contributed by atoms with E-state index in [0.29, 0.717) is 5.69 Å². The molecule has 1 fully saturated rings. The number of hydrogen-bond donors (Lipinski definition) is 0. The Morgan fingerprint density at radius 3 is 1.83 bits per heavy atom. The highest BCUT2D eigenvalue weighted by atomic mass is 19.1. The van der Waals surface area contributed by atoms with Crippen LogP contribution in [0.15, 0.2) is 84.9 Å². The summed E-state index contributed by atoms with van der Waals surface area (Å²) in [7, 11) is 0. The number of nitrogens with zero attached hydrogens (tertiary/aromatic N) is 3. The van der Waals surface area contributed by atoms with E-state index < -0.39 is 5.41 Å². The van der Waals surface area contributed by atoms with Crippen molar-refractivity contribution in [1.29, 1.82) is 5.26 Å². The van der Waals surface area contributed by atoms with Gasteiger partial charge in [-0.25, -0.2) is 4.39 Å². The van der Waals surface area contributed by atoms with E-state index in [-0.39, 0.29) is 5.82 Å². The molecule has 0 spiro atoms. The van der Waals surface area contributed by atoms with Gasteiger partial charge in [0.15, 0.2) is 0 Å². The topological polar surface area (TPSA) is 30.3 Å². The first-order chi connectivity index (χ1) is 14.7. The minimum atomic E-state index is -0.675. The summed E-state index contributed by atoms with van der Waals surface area (Å²) in [4.78, 5) is 4.49. The smallest absolute Gasteiger partial charge is 0.146 e. The van der Waals surface area contributed by atoms with Crippen molar-refractivity contribution in [1.82, 2.24) is 4.90 Å². The number of halogens is 1. The highest BCUT2D eigenvalue weighted by molar-refractivity contribution is 5.48. The van der Waals surface area contributed by atoms with Crippen molar-refractivity contribution in [3.8, 4) is 6.07 Å². The summed E-state index contributed by atoms with van der Waals surface area (Å²) in [6.45, 7) is 4.12. The van der Waals surface area contributed by atoms with Crippen LogP contribution in [0, 0.1) is 17.1 Å². The Kier molecular flexibility index (Phi) is 6.11. The maximum absolute atomic E-state index is 14.1. The number of rotatable bonds is 6. The molecular formula is C26H26FN3. The molecule has 3 aromatic rings. The van der Waals surface area contributed by atoms with Crippen molar-refractivity contribution in [2.75, 3.05) is 37.6 Å². The number of hydrogen-bond acceptors (Lipinski definition) is 3. The highest BCUT2D eigenvalue weighted by Crippen LogP contribution is 2.35. The molecule has 0 amide bonds. The number of anilines is 1. The van der Waals surface area contributed by atoms with Crippen LogP contribution in [0.25, 0.3) is 0 Å². The van der Waals surface area contributed by atoms with Gasteiger partial charge in [-0.3, -0.25) is 4.90 Å². The van der Waals surface area contributed by atoms with Crippen LogP contribution >= 0.6 is 0 Å². The molecule has 1 saturated heterocycles. The quantitative estimate of drug-likeness (QED) is 0.594. The molecule has 1 aliphatic rings. The largest absolute Gasteiger partial charge is 0.367 e. The van der Waals surface area contributed by atoms with Crippen LogP contribution in [-0.4, -0.2) is 37.6 Å². The Morgan fingerprint density at radius 1 is 0.767 bits per heavy atom. The molecule has 152 valence electrons. The Balaban J connectivity index is 1.48. The van der Waals surface area contributed by atoms with Crippen LogP contribution in [0.4, 0.5) is 10.1 Å². The molecule has 4 heteroatoms. The van der Waals surface area contributed by atoms with E-state index in [1.807, 2.05) is 72.8 Å². The van der Waals surface area contributed by atoms with Gasteiger partial charge in [-0.05, 0) is 29.7 Å². The number of para-hydroxylation sites is 1. The predicted octanol–water partition coefficient (Wildman–Crippen LogP) is 4.85. The van der Waals surface area contributed by atoms with Gasteiger partial charge >= 0.3 is 0 Å². The third-order valence-corrected chi connectivity index (χ3v) is 6.09. The lowest BCUT2D eigenvalue weighted by Gasteiger charge is -2.38. The monoisotopic (exact) mass is 399 g/mol. The van der Waals surface area contributed by atoms with Gasteiger partial charge in [0.1, 0.15) is 11.2 Å². The minimum Gasteiger partial charge on any atom is -0.367 e. The molecule has 4 rings (SSSR count). The van der Waals surface area contributed by atoms with Crippen LogP contribution in [0.1, 0.15) is 17.5 Å².